The highest BCUT2D eigenvalue weighted by atomic mass is 19.4. The Morgan fingerprint density at radius 2 is 1.86 bits per heavy atom. The number of carbonyl (C=O) groups is 2. The van der Waals surface area contributed by atoms with Crippen LogP contribution in [0.15, 0.2) is 48.5 Å². The van der Waals surface area contributed by atoms with Gasteiger partial charge in [-0.05, 0) is 43.1 Å². The molecule has 0 spiro atoms. The molecule has 4 nitrogen and oxygen atoms in total. The van der Waals surface area contributed by atoms with Crippen molar-refractivity contribution in [1.29, 1.82) is 0 Å². The summed E-state index contributed by atoms with van der Waals surface area (Å²) < 4.78 is 38.7. The van der Waals surface area contributed by atoms with Crippen molar-refractivity contribution in [1.82, 2.24) is 4.90 Å². The van der Waals surface area contributed by atoms with Gasteiger partial charge >= 0.3 is 12.1 Å². The lowest BCUT2D eigenvalue weighted by molar-refractivity contribution is -0.137. The van der Waals surface area contributed by atoms with Crippen LogP contribution in [-0.2, 0) is 12.7 Å². The zero-order valence-electron chi connectivity index (χ0n) is 15.1. The number of hydrogen-bond acceptors (Lipinski definition) is 3. The van der Waals surface area contributed by atoms with E-state index in [1.165, 1.54) is 18.2 Å². The van der Waals surface area contributed by atoms with Crippen molar-refractivity contribution in [2.75, 3.05) is 13.1 Å². The fraction of sp³-hybridized carbons (Fsp3) is 0.333. The number of rotatable bonds is 5. The number of halogens is 3. The highest BCUT2D eigenvalue weighted by Crippen LogP contribution is 2.31. The molecule has 3 rings (SSSR count). The van der Waals surface area contributed by atoms with E-state index in [1.807, 2.05) is 4.90 Å². The van der Waals surface area contributed by atoms with Gasteiger partial charge in [-0.15, -0.1) is 0 Å². The fourth-order valence-corrected chi connectivity index (χ4v) is 3.61. The Bertz CT molecular complexity index is 879. The second kappa shape index (κ2) is 8.14. The van der Waals surface area contributed by atoms with Crippen LogP contribution in [0.2, 0.25) is 0 Å². The van der Waals surface area contributed by atoms with E-state index in [4.69, 9.17) is 0 Å². The van der Waals surface area contributed by atoms with Gasteiger partial charge in [0, 0.05) is 24.6 Å². The van der Waals surface area contributed by atoms with Crippen molar-refractivity contribution < 1.29 is 27.9 Å². The minimum atomic E-state index is -4.49. The molecular formula is C21H20F3NO3. The maximum atomic E-state index is 12.9. The lowest BCUT2D eigenvalue weighted by atomic mass is 9.89. The van der Waals surface area contributed by atoms with E-state index < -0.39 is 23.6 Å². The summed E-state index contributed by atoms with van der Waals surface area (Å²) in [4.78, 5) is 26.1. The average Bonchev–Trinajstić information content (AvgIpc) is 2.67. The molecule has 0 amide bonds. The lowest BCUT2D eigenvalue weighted by Gasteiger charge is -2.32. The van der Waals surface area contributed by atoms with Crippen LogP contribution in [0.4, 0.5) is 13.2 Å². The Labute approximate surface area is 160 Å². The molecule has 7 heteroatoms. The SMILES string of the molecule is O=C(O)c1ccccc1CN1CCC[C@H](C(=O)c2cccc(C(F)(F)F)c2)C1. The van der Waals surface area contributed by atoms with Crippen LogP contribution in [0.5, 0.6) is 0 Å². The Morgan fingerprint density at radius 1 is 1.11 bits per heavy atom. The van der Waals surface area contributed by atoms with E-state index in [1.54, 1.807) is 18.2 Å². The van der Waals surface area contributed by atoms with Gasteiger partial charge in [0.05, 0.1) is 11.1 Å². The van der Waals surface area contributed by atoms with E-state index in [0.29, 0.717) is 31.6 Å². The molecule has 1 heterocycles. The molecule has 0 unspecified atom stereocenters. The Morgan fingerprint density at radius 3 is 2.57 bits per heavy atom. The van der Waals surface area contributed by atoms with Gasteiger partial charge < -0.3 is 5.11 Å². The summed E-state index contributed by atoms with van der Waals surface area (Å²) in [6, 6.07) is 11.2. The van der Waals surface area contributed by atoms with E-state index in [0.717, 1.165) is 18.6 Å². The third-order valence-corrected chi connectivity index (χ3v) is 4.99. The van der Waals surface area contributed by atoms with Crippen molar-refractivity contribution in [3.8, 4) is 0 Å². The Balaban J connectivity index is 1.73. The quantitative estimate of drug-likeness (QED) is 0.763. The molecule has 1 saturated heterocycles. The predicted octanol–water partition coefficient (Wildman–Crippen LogP) is 4.50. The molecule has 0 aliphatic carbocycles. The number of Topliss-reactive ketones (excluding diaryl/α,β-unsaturated/α-hetero) is 1. The number of benzene rings is 2. The van der Waals surface area contributed by atoms with Crippen molar-refractivity contribution in [2.45, 2.75) is 25.6 Å². The molecule has 1 fully saturated rings. The van der Waals surface area contributed by atoms with Crippen molar-refractivity contribution in [2.24, 2.45) is 5.92 Å². The predicted molar refractivity (Wildman–Crippen MR) is 97.2 cm³/mol. The van der Waals surface area contributed by atoms with Gasteiger partial charge in [-0.25, -0.2) is 4.79 Å². The molecule has 1 aliphatic heterocycles. The highest BCUT2D eigenvalue weighted by molar-refractivity contribution is 5.98. The smallest absolute Gasteiger partial charge is 0.416 e. The number of likely N-dealkylation sites (tertiary alicyclic amines) is 1. The van der Waals surface area contributed by atoms with Crippen LogP contribution in [0, 0.1) is 5.92 Å². The second-order valence-electron chi connectivity index (χ2n) is 6.98. The number of carboxylic acid groups (broad SMARTS) is 1. The van der Waals surface area contributed by atoms with Crippen molar-refractivity contribution >= 4 is 11.8 Å². The summed E-state index contributed by atoms with van der Waals surface area (Å²) in [6.07, 6.45) is -3.16. The molecule has 0 saturated carbocycles. The summed E-state index contributed by atoms with van der Waals surface area (Å²) in [6.45, 7) is 1.48. The third kappa shape index (κ3) is 4.59. The number of carboxylic acids is 1. The van der Waals surface area contributed by atoms with Gasteiger partial charge in [0.25, 0.3) is 0 Å². The van der Waals surface area contributed by atoms with Crippen molar-refractivity contribution in [3.05, 3.63) is 70.8 Å². The largest absolute Gasteiger partial charge is 0.478 e. The van der Waals surface area contributed by atoms with Gasteiger partial charge in [0.1, 0.15) is 0 Å². The van der Waals surface area contributed by atoms with Gasteiger partial charge in [-0.1, -0.05) is 30.3 Å². The highest BCUT2D eigenvalue weighted by Gasteiger charge is 2.32. The summed E-state index contributed by atoms with van der Waals surface area (Å²) in [7, 11) is 0. The second-order valence-corrected chi connectivity index (χ2v) is 6.98. The molecule has 1 atom stereocenters. The zero-order valence-corrected chi connectivity index (χ0v) is 15.1. The normalized spacial score (nSPS) is 18.0. The Kier molecular flexibility index (Phi) is 5.84. The number of nitrogens with zero attached hydrogens (tertiary/aromatic N) is 1. The molecule has 0 radical (unpaired) electrons. The molecule has 0 bridgehead atoms. The number of carbonyl (C=O) groups excluding carboxylic acids is 1. The summed E-state index contributed by atoms with van der Waals surface area (Å²) >= 11 is 0. The standard InChI is InChI=1S/C21H20F3NO3/c22-21(23,24)17-8-3-6-14(11-17)19(26)16-7-4-10-25(13-16)12-15-5-1-2-9-18(15)20(27)28/h1-3,5-6,8-9,11,16H,4,7,10,12-13H2,(H,27,28)/t16-/m0/s1. The third-order valence-electron chi connectivity index (χ3n) is 4.99. The number of piperidine rings is 1. The molecule has 2 aromatic carbocycles. The van der Waals surface area contributed by atoms with E-state index in [9.17, 15) is 27.9 Å². The van der Waals surface area contributed by atoms with Crippen LogP contribution < -0.4 is 0 Å². The maximum absolute atomic E-state index is 12.9. The average molecular weight is 391 g/mol. The minimum Gasteiger partial charge on any atom is -0.478 e. The molecule has 28 heavy (non-hydrogen) atoms. The van der Waals surface area contributed by atoms with Crippen LogP contribution in [-0.4, -0.2) is 34.8 Å². The fourth-order valence-electron chi connectivity index (χ4n) is 3.61. The van der Waals surface area contributed by atoms with E-state index >= 15 is 0 Å². The molecule has 1 N–H and O–H groups in total. The minimum absolute atomic E-state index is 0.0626. The van der Waals surface area contributed by atoms with Crippen molar-refractivity contribution in [3.63, 3.8) is 0 Å². The first-order valence-corrected chi connectivity index (χ1v) is 9.00. The number of aromatic carboxylic acids is 1. The number of alkyl halides is 3. The van der Waals surface area contributed by atoms with Gasteiger partial charge in [-0.3, -0.25) is 9.69 Å². The monoisotopic (exact) mass is 391 g/mol. The molecule has 1 aliphatic rings. The van der Waals surface area contributed by atoms with E-state index in [2.05, 4.69) is 0 Å². The number of ketones is 1. The summed E-state index contributed by atoms with van der Waals surface area (Å²) in [5.41, 5.74) is 0.102. The molecule has 2 aromatic rings. The van der Waals surface area contributed by atoms with Crippen LogP contribution in [0.3, 0.4) is 0 Å². The first-order valence-electron chi connectivity index (χ1n) is 9.00. The maximum Gasteiger partial charge on any atom is 0.416 e. The van der Waals surface area contributed by atoms with Gasteiger partial charge in [-0.2, -0.15) is 13.2 Å². The van der Waals surface area contributed by atoms with Crippen LogP contribution >= 0.6 is 0 Å². The van der Waals surface area contributed by atoms with Crippen LogP contribution in [0.25, 0.3) is 0 Å². The zero-order chi connectivity index (χ0) is 20.3. The molecule has 0 aromatic heterocycles. The Hall–Kier alpha value is -2.67. The van der Waals surface area contributed by atoms with Crippen LogP contribution in [0.1, 0.15) is 44.7 Å². The number of hydrogen-bond donors (Lipinski definition) is 1. The lowest BCUT2D eigenvalue weighted by Crippen LogP contribution is -2.38. The molecular weight excluding hydrogens is 371 g/mol. The van der Waals surface area contributed by atoms with Gasteiger partial charge in [0.15, 0.2) is 5.78 Å². The topological polar surface area (TPSA) is 57.6 Å². The summed E-state index contributed by atoms with van der Waals surface area (Å²) in [5, 5.41) is 9.31. The van der Waals surface area contributed by atoms with Gasteiger partial charge in [0.2, 0.25) is 0 Å². The molecule has 148 valence electrons. The van der Waals surface area contributed by atoms with E-state index in [-0.39, 0.29) is 16.9 Å². The first kappa shape index (κ1) is 20.1. The summed E-state index contributed by atoms with van der Waals surface area (Å²) in [5.74, 6) is -1.72. The first-order chi connectivity index (χ1) is 13.3.